The zero-order valence-electron chi connectivity index (χ0n) is 10.1. The molecule has 2 atom stereocenters. The summed E-state index contributed by atoms with van der Waals surface area (Å²) in [5.74, 6) is 0.616. The van der Waals surface area contributed by atoms with Crippen LogP contribution in [0.4, 0.5) is 0 Å². The first kappa shape index (κ1) is 11.9. The average Bonchev–Trinajstić information content (AvgIpc) is 2.75. The molecule has 2 unspecified atom stereocenters. The van der Waals surface area contributed by atoms with Crippen LogP contribution in [0, 0.1) is 12.8 Å². The molecule has 1 aromatic carbocycles. The summed E-state index contributed by atoms with van der Waals surface area (Å²) in [5.41, 5.74) is 7.48. The van der Waals surface area contributed by atoms with E-state index in [4.69, 9.17) is 10.5 Å². The van der Waals surface area contributed by atoms with E-state index >= 15 is 0 Å². The molecule has 0 bridgehead atoms. The number of hydrogen-bond acceptors (Lipinski definition) is 3. The Hall–Kier alpha value is -1.61. The minimum Gasteiger partial charge on any atom is -0.496 e. The maximum absolute atomic E-state index is 12.3. The number of benzene rings is 1. The monoisotopic (exact) mass is 231 g/mol. The molecular weight excluding hydrogens is 214 g/mol. The third-order valence-corrected chi connectivity index (χ3v) is 3.07. The standard InChI is InChI=1S/C14H17NO2/c1-9-3-6-13(17-2)12(7-9)14(16)10-4-5-11(15)8-10/h3-7,10-11H,8,15H2,1-2H3. The summed E-state index contributed by atoms with van der Waals surface area (Å²) in [6, 6.07) is 5.64. The molecular formula is C14H17NO2. The van der Waals surface area contributed by atoms with Gasteiger partial charge in [-0.1, -0.05) is 23.8 Å². The van der Waals surface area contributed by atoms with E-state index in [2.05, 4.69) is 0 Å². The summed E-state index contributed by atoms with van der Waals surface area (Å²) in [4.78, 5) is 12.3. The number of hydrogen-bond donors (Lipinski definition) is 1. The molecule has 0 spiro atoms. The molecule has 0 aromatic heterocycles. The predicted octanol–water partition coefficient (Wildman–Crippen LogP) is 2.09. The van der Waals surface area contributed by atoms with Gasteiger partial charge in [0.25, 0.3) is 0 Å². The van der Waals surface area contributed by atoms with Crippen molar-refractivity contribution in [3.05, 3.63) is 41.5 Å². The molecule has 3 nitrogen and oxygen atoms in total. The van der Waals surface area contributed by atoms with Gasteiger partial charge in [-0.15, -0.1) is 0 Å². The molecule has 0 amide bonds. The van der Waals surface area contributed by atoms with Crippen LogP contribution in [0.5, 0.6) is 5.75 Å². The smallest absolute Gasteiger partial charge is 0.173 e. The fourth-order valence-corrected chi connectivity index (χ4v) is 2.14. The number of rotatable bonds is 3. The van der Waals surface area contributed by atoms with E-state index in [0.717, 1.165) is 5.56 Å². The Bertz CT molecular complexity index is 465. The van der Waals surface area contributed by atoms with Crippen molar-refractivity contribution in [1.29, 1.82) is 0 Å². The van der Waals surface area contributed by atoms with Crippen molar-refractivity contribution in [3.63, 3.8) is 0 Å². The van der Waals surface area contributed by atoms with Crippen molar-refractivity contribution in [2.24, 2.45) is 11.7 Å². The number of ketones is 1. The van der Waals surface area contributed by atoms with Crippen molar-refractivity contribution in [1.82, 2.24) is 0 Å². The number of methoxy groups -OCH3 is 1. The van der Waals surface area contributed by atoms with Gasteiger partial charge in [0.1, 0.15) is 5.75 Å². The van der Waals surface area contributed by atoms with Crippen LogP contribution < -0.4 is 10.5 Å². The van der Waals surface area contributed by atoms with E-state index in [0.29, 0.717) is 17.7 Å². The highest BCUT2D eigenvalue weighted by atomic mass is 16.5. The molecule has 0 radical (unpaired) electrons. The molecule has 17 heavy (non-hydrogen) atoms. The molecule has 90 valence electrons. The number of ether oxygens (including phenoxy) is 1. The van der Waals surface area contributed by atoms with Gasteiger partial charge in [0.05, 0.1) is 12.7 Å². The minimum atomic E-state index is -0.110. The van der Waals surface area contributed by atoms with Gasteiger partial charge in [-0.3, -0.25) is 4.79 Å². The first-order chi connectivity index (χ1) is 8.11. The highest BCUT2D eigenvalue weighted by Crippen LogP contribution is 2.27. The SMILES string of the molecule is COc1ccc(C)cc1C(=O)C1C=CC(N)C1. The first-order valence-electron chi connectivity index (χ1n) is 5.74. The molecule has 2 rings (SSSR count). The molecule has 3 heteroatoms. The maximum Gasteiger partial charge on any atom is 0.173 e. The summed E-state index contributed by atoms with van der Waals surface area (Å²) in [7, 11) is 1.58. The van der Waals surface area contributed by atoms with Crippen molar-refractivity contribution < 1.29 is 9.53 Å². The second kappa shape index (κ2) is 4.72. The van der Waals surface area contributed by atoms with Crippen LogP contribution in [0.1, 0.15) is 22.3 Å². The lowest BCUT2D eigenvalue weighted by molar-refractivity contribution is 0.0940. The molecule has 0 fully saturated rings. The first-order valence-corrected chi connectivity index (χ1v) is 5.74. The van der Waals surface area contributed by atoms with E-state index in [-0.39, 0.29) is 17.7 Å². The topological polar surface area (TPSA) is 52.3 Å². The van der Waals surface area contributed by atoms with Crippen molar-refractivity contribution in [2.75, 3.05) is 7.11 Å². The van der Waals surface area contributed by atoms with E-state index in [1.54, 1.807) is 7.11 Å². The largest absolute Gasteiger partial charge is 0.496 e. The summed E-state index contributed by atoms with van der Waals surface area (Å²) in [5, 5.41) is 0. The Morgan fingerprint density at radius 2 is 2.18 bits per heavy atom. The number of nitrogens with two attached hydrogens (primary N) is 1. The van der Waals surface area contributed by atoms with Crippen LogP contribution in [0.2, 0.25) is 0 Å². The highest BCUT2D eigenvalue weighted by molar-refractivity contribution is 6.01. The molecule has 0 heterocycles. The number of carbonyl (C=O) groups is 1. The van der Waals surface area contributed by atoms with Crippen LogP contribution >= 0.6 is 0 Å². The second-order valence-corrected chi connectivity index (χ2v) is 4.46. The van der Waals surface area contributed by atoms with Gasteiger partial charge in [0.2, 0.25) is 0 Å². The predicted molar refractivity (Wildman–Crippen MR) is 67.3 cm³/mol. The Balaban J connectivity index is 2.30. The van der Waals surface area contributed by atoms with Gasteiger partial charge in [0.15, 0.2) is 5.78 Å². The molecule has 1 aliphatic rings. The average molecular weight is 231 g/mol. The summed E-state index contributed by atoms with van der Waals surface area (Å²) >= 11 is 0. The van der Waals surface area contributed by atoms with Gasteiger partial charge in [-0.25, -0.2) is 0 Å². The molecule has 2 N–H and O–H groups in total. The van der Waals surface area contributed by atoms with Gasteiger partial charge < -0.3 is 10.5 Å². The lowest BCUT2D eigenvalue weighted by Gasteiger charge is -2.12. The fraction of sp³-hybridized carbons (Fsp3) is 0.357. The Labute approximate surface area is 101 Å². The van der Waals surface area contributed by atoms with Crippen LogP contribution in [0.25, 0.3) is 0 Å². The van der Waals surface area contributed by atoms with Crippen LogP contribution in [-0.4, -0.2) is 18.9 Å². The zero-order chi connectivity index (χ0) is 12.4. The van der Waals surface area contributed by atoms with E-state index in [9.17, 15) is 4.79 Å². The lowest BCUT2D eigenvalue weighted by Crippen LogP contribution is -2.19. The highest BCUT2D eigenvalue weighted by Gasteiger charge is 2.25. The number of allylic oxidation sites excluding steroid dienone is 1. The van der Waals surface area contributed by atoms with Crippen LogP contribution in [-0.2, 0) is 0 Å². The summed E-state index contributed by atoms with van der Waals surface area (Å²) in [6.07, 6.45) is 4.48. The third-order valence-electron chi connectivity index (χ3n) is 3.07. The Morgan fingerprint density at radius 3 is 2.76 bits per heavy atom. The van der Waals surface area contributed by atoms with Gasteiger partial charge in [0, 0.05) is 12.0 Å². The van der Waals surface area contributed by atoms with Gasteiger partial charge >= 0.3 is 0 Å². The molecule has 1 aliphatic carbocycles. The van der Waals surface area contributed by atoms with Crippen LogP contribution in [0.15, 0.2) is 30.4 Å². The fourth-order valence-electron chi connectivity index (χ4n) is 2.14. The van der Waals surface area contributed by atoms with Crippen LogP contribution in [0.3, 0.4) is 0 Å². The van der Waals surface area contributed by atoms with Gasteiger partial charge in [-0.2, -0.15) is 0 Å². The number of Topliss-reactive ketones (excluding diaryl/α,β-unsaturated/α-hetero) is 1. The van der Waals surface area contributed by atoms with Gasteiger partial charge in [-0.05, 0) is 25.5 Å². The Kier molecular flexibility index (Phi) is 3.29. The Morgan fingerprint density at radius 1 is 1.41 bits per heavy atom. The van der Waals surface area contributed by atoms with E-state index < -0.39 is 0 Å². The second-order valence-electron chi connectivity index (χ2n) is 4.46. The maximum atomic E-state index is 12.3. The number of carbonyl (C=O) groups excluding carboxylic acids is 1. The minimum absolute atomic E-state index is 0.000228. The molecule has 0 saturated heterocycles. The quantitative estimate of drug-likeness (QED) is 0.640. The number of aryl methyl sites for hydroxylation is 1. The zero-order valence-corrected chi connectivity index (χ0v) is 10.1. The molecule has 1 aromatic rings. The summed E-state index contributed by atoms with van der Waals surface area (Å²) in [6.45, 7) is 1.96. The summed E-state index contributed by atoms with van der Waals surface area (Å²) < 4.78 is 5.23. The van der Waals surface area contributed by atoms with Crippen molar-refractivity contribution in [2.45, 2.75) is 19.4 Å². The molecule has 0 saturated carbocycles. The van der Waals surface area contributed by atoms with Crippen molar-refractivity contribution in [3.8, 4) is 5.75 Å². The van der Waals surface area contributed by atoms with Crippen molar-refractivity contribution >= 4 is 5.78 Å². The third kappa shape index (κ3) is 2.39. The normalized spacial score (nSPS) is 22.8. The van der Waals surface area contributed by atoms with E-state index in [1.807, 2.05) is 37.3 Å². The van der Waals surface area contributed by atoms with E-state index in [1.165, 1.54) is 0 Å². The molecule has 0 aliphatic heterocycles. The lowest BCUT2D eigenvalue weighted by atomic mass is 9.95.